The molecule has 0 saturated carbocycles. The first-order chi connectivity index (χ1) is 18.8. The number of hydrogen-bond donors (Lipinski definition) is 1. The summed E-state index contributed by atoms with van der Waals surface area (Å²) >= 11 is 0. The highest BCUT2D eigenvalue weighted by atomic mass is 32.2. The maximum absolute atomic E-state index is 14.3. The van der Waals surface area contributed by atoms with E-state index in [1.54, 1.807) is 13.2 Å². The summed E-state index contributed by atoms with van der Waals surface area (Å²) < 4.78 is 77.9. The molecule has 1 unspecified atom stereocenters. The molecule has 1 aliphatic heterocycles. The molecule has 5 rings (SSSR count). The van der Waals surface area contributed by atoms with Gasteiger partial charge in [0.05, 0.1) is 12.1 Å². The molecule has 6 nitrogen and oxygen atoms in total. The second-order valence-corrected chi connectivity index (χ2v) is 12.0. The van der Waals surface area contributed by atoms with Gasteiger partial charge in [-0.05, 0) is 36.5 Å². The highest BCUT2D eigenvalue weighted by Gasteiger charge is 2.41. The van der Waals surface area contributed by atoms with Crippen molar-refractivity contribution < 1.29 is 31.0 Å². The number of hydrogen-bond acceptors (Lipinski definition) is 4. The third kappa shape index (κ3) is 7.24. The van der Waals surface area contributed by atoms with Crippen LogP contribution in [0, 0.1) is 17.7 Å². The number of carbonyl (C=O) groups is 1. The highest BCUT2D eigenvalue weighted by Crippen LogP contribution is 2.48. The van der Waals surface area contributed by atoms with Crippen LogP contribution in [0.5, 0.6) is 0 Å². The molecule has 0 bridgehead atoms. The SMILES string of the molecule is CC.CC1(C)CC(c2ccc(CC(F)(F)F)c(F)c2)c2cnc3cc(F)nn3c21.CNC(=O)C1CCS(=O)CC1. The molecule has 1 amide bonds. The molecule has 1 aliphatic carbocycles. The molecular formula is C28H35F5N4O2S. The molecule has 1 N–H and O–H groups in total. The number of rotatable bonds is 3. The van der Waals surface area contributed by atoms with Gasteiger partial charge in [-0.1, -0.05) is 39.8 Å². The first kappa shape index (κ1) is 31.6. The van der Waals surface area contributed by atoms with Crippen LogP contribution in [0.1, 0.15) is 75.3 Å². The summed E-state index contributed by atoms with van der Waals surface area (Å²) in [4.78, 5) is 15.3. The number of halogens is 5. The topological polar surface area (TPSA) is 76.4 Å². The fourth-order valence-corrected chi connectivity index (χ4v) is 6.56. The molecule has 1 aromatic carbocycles. The van der Waals surface area contributed by atoms with E-state index < -0.39 is 35.2 Å². The van der Waals surface area contributed by atoms with Crippen LogP contribution in [0.25, 0.3) is 5.65 Å². The quantitative estimate of drug-likeness (QED) is 0.391. The number of alkyl halides is 3. The van der Waals surface area contributed by atoms with Crippen molar-refractivity contribution in [1.29, 1.82) is 0 Å². The van der Waals surface area contributed by atoms with Crippen LogP contribution in [-0.4, -0.2) is 49.4 Å². The number of fused-ring (bicyclic) bond motifs is 3. The van der Waals surface area contributed by atoms with Crippen molar-refractivity contribution in [3.8, 4) is 0 Å². The maximum Gasteiger partial charge on any atom is 0.393 e. The third-order valence-corrected chi connectivity index (χ3v) is 8.47. The smallest absolute Gasteiger partial charge is 0.359 e. The Morgan fingerprint density at radius 1 is 1.15 bits per heavy atom. The Bertz CT molecular complexity index is 1360. The predicted octanol–water partition coefficient (Wildman–Crippen LogP) is 5.84. The number of carbonyl (C=O) groups excluding carboxylic acids is 1. The number of amides is 1. The van der Waals surface area contributed by atoms with E-state index in [9.17, 15) is 31.0 Å². The Balaban J connectivity index is 0.000000285. The summed E-state index contributed by atoms with van der Waals surface area (Å²) in [7, 11) is 0.987. The number of benzene rings is 1. The zero-order valence-electron chi connectivity index (χ0n) is 23.2. The zero-order chi connectivity index (χ0) is 29.8. The van der Waals surface area contributed by atoms with Gasteiger partial charge in [0.25, 0.3) is 0 Å². The molecule has 220 valence electrons. The van der Waals surface area contributed by atoms with Crippen LogP contribution in [0.4, 0.5) is 22.0 Å². The molecule has 0 spiro atoms. The van der Waals surface area contributed by atoms with Crippen molar-refractivity contribution >= 4 is 22.4 Å². The van der Waals surface area contributed by atoms with Gasteiger partial charge in [-0.2, -0.15) is 17.6 Å². The molecule has 1 fully saturated rings. The number of aromatic nitrogens is 3. The van der Waals surface area contributed by atoms with Gasteiger partial charge in [0.1, 0.15) is 5.82 Å². The van der Waals surface area contributed by atoms with Crippen molar-refractivity contribution in [1.82, 2.24) is 19.9 Å². The van der Waals surface area contributed by atoms with Gasteiger partial charge in [-0.25, -0.2) is 13.9 Å². The van der Waals surface area contributed by atoms with Gasteiger partial charge in [0.2, 0.25) is 11.9 Å². The van der Waals surface area contributed by atoms with Crippen molar-refractivity contribution in [3.05, 3.63) is 64.6 Å². The molecule has 2 aromatic heterocycles. The standard InChI is InChI=1S/C19H16F5N3.C7H13NO2S.C2H6/c1-18(2)8-12(10-3-4-11(14(20)5-10)7-19(22,23)24)13-9-25-16-6-15(21)26-27(16)17(13)18;1-8-7(9)6-2-4-11(10)5-3-6;1-2/h3-6,9,12H,7-8H2,1-2H3;6H,2-5H2,1H3,(H,8,9);1-2H3. The minimum absolute atomic E-state index is 0.0988. The summed E-state index contributed by atoms with van der Waals surface area (Å²) in [6.45, 7) is 7.94. The third-order valence-electron chi connectivity index (χ3n) is 7.09. The summed E-state index contributed by atoms with van der Waals surface area (Å²) in [6, 6.07) is 5.09. The molecule has 3 heterocycles. The Kier molecular flexibility index (Phi) is 10.1. The number of nitrogens with zero attached hydrogens (tertiary/aromatic N) is 3. The van der Waals surface area contributed by atoms with Gasteiger partial charge < -0.3 is 5.32 Å². The van der Waals surface area contributed by atoms with E-state index in [2.05, 4.69) is 15.4 Å². The van der Waals surface area contributed by atoms with E-state index in [0.29, 0.717) is 29.1 Å². The molecule has 40 heavy (non-hydrogen) atoms. The highest BCUT2D eigenvalue weighted by molar-refractivity contribution is 7.85. The minimum Gasteiger partial charge on any atom is -0.359 e. The van der Waals surface area contributed by atoms with Crippen LogP contribution in [0.2, 0.25) is 0 Å². The van der Waals surface area contributed by atoms with Crippen LogP contribution >= 0.6 is 0 Å². The van der Waals surface area contributed by atoms with Gasteiger partial charge in [0.15, 0.2) is 5.65 Å². The number of nitrogens with one attached hydrogen (secondary N) is 1. The van der Waals surface area contributed by atoms with E-state index in [4.69, 9.17) is 0 Å². The van der Waals surface area contributed by atoms with Crippen LogP contribution in [-0.2, 0) is 27.4 Å². The maximum atomic E-state index is 14.3. The lowest BCUT2D eigenvalue weighted by Crippen LogP contribution is -2.32. The Morgan fingerprint density at radius 2 is 1.80 bits per heavy atom. The molecule has 1 saturated heterocycles. The summed E-state index contributed by atoms with van der Waals surface area (Å²) in [5, 5.41) is 6.48. The van der Waals surface area contributed by atoms with Crippen LogP contribution in [0.15, 0.2) is 30.5 Å². The average molecular weight is 587 g/mol. The fraction of sp³-hybridized carbons (Fsp3) is 0.536. The lowest BCUT2D eigenvalue weighted by molar-refractivity contribution is -0.127. The van der Waals surface area contributed by atoms with Gasteiger partial charge in [-0.15, -0.1) is 5.10 Å². The zero-order valence-corrected chi connectivity index (χ0v) is 24.1. The summed E-state index contributed by atoms with van der Waals surface area (Å²) in [5.74, 6) is -0.183. The van der Waals surface area contributed by atoms with Gasteiger partial charge in [-0.3, -0.25) is 9.00 Å². The fourth-order valence-electron chi connectivity index (χ4n) is 5.27. The van der Waals surface area contributed by atoms with Gasteiger partial charge in [0, 0.05) is 64.4 Å². The van der Waals surface area contributed by atoms with E-state index >= 15 is 0 Å². The molecule has 2 aliphatic rings. The second kappa shape index (κ2) is 12.7. The van der Waals surface area contributed by atoms with Crippen LogP contribution < -0.4 is 5.32 Å². The second-order valence-electron chi connectivity index (χ2n) is 10.3. The Hall–Kier alpha value is -2.89. The van der Waals surface area contributed by atoms with Crippen LogP contribution in [0.3, 0.4) is 0 Å². The largest absolute Gasteiger partial charge is 0.393 e. The molecule has 3 aromatic rings. The van der Waals surface area contributed by atoms with Crippen molar-refractivity contribution in [2.75, 3.05) is 18.6 Å². The van der Waals surface area contributed by atoms with Crippen molar-refractivity contribution in [3.63, 3.8) is 0 Å². The minimum atomic E-state index is -4.47. The first-order valence-electron chi connectivity index (χ1n) is 13.3. The predicted molar refractivity (Wildman–Crippen MR) is 145 cm³/mol. The normalized spacial score (nSPS) is 21.5. The molecule has 1 atom stereocenters. The van der Waals surface area contributed by atoms with Crippen molar-refractivity contribution in [2.45, 2.75) is 70.9 Å². The van der Waals surface area contributed by atoms with E-state index in [1.165, 1.54) is 22.7 Å². The molecule has 12 heteroatoms. The molecule has 0 radical (unpaired) electrons. The Labute approximate surface area is 233 Å². The van der Waals surface area contributed by atoms with Gasteiger partial charge >= 0.3 is 6.18 Å². The summed E-state index contributed by atoms with van der Waals surface area (Å²) in [5.41, 5.74) is 1.73. The van der Waals surface area contributed by atoms with Crippen molar-refractivity contribution in [2.24, 2.45) is 5.92 Å². The lowest BCUT2D eigenvalue weighted by Gasteiger charge is -2.19. The van der Waals surface area contributed by atoms with E-state index in [0.717, 1.165) is 30.2 Å². The average Bonchev–Trinajstić information content (AvgIpc) is 3.41. The first-order valence-corrected chi connectivity index (χ1v) is 14.7. The van der Waals surface area contributed by atoms with E-state index in [1.807, 2.05) is 27.7 Å². The lowest BCUT2D eigenvalue weighted by atomic mass is 9.86. The summed E-state index contributed by atoms with van der Waals surface area (Å²) in [6.07, 6.45) is -2.00. The van der Waals surface area contributed by atoms with E-state index in [-0.39, 0.29) is 28.7 Å². The molecular weight excluding hydrogens is 551 g/mol. The monoisotopic (exact) mass is 586 g/mol. The Morgan fingerprint density at radius 3 is 2.38 bits per heavy atom.